The molecule has 0 spiro atoms. The number of hydrogen-bond acceptors (Lipinski definition) is 6. The number of anilines is 1. The van der Waals surface area contributed by atoms with E-state index < -0.39 is 0 Å². The summed E-state index contributed by atoms with van der Waals surface area (Å²) in [7, 11) is 0. The summed E-state index contributed by atoms with van der Waals surface area (Å²) in [5.41, 5.74) is 2.58. The summed E-state index contributed by atoms with van der Waals surface area (Å²) in [6.45, 7) is 2.14. The molecule has 33 heavy (non-hydrogen) atoms. The summed E-state index contributed by atoms with van der Waals surface area (Å²) in [6.07, 6.45) is 5.74. The van der Waals surface area contributed by atoms with E-state index in [0.717, 1.165) is 47.0 Å². The molecule has 0 bridgehead atoms. The van der Waals surface area contributed by atoms with E-state index in [1.807, 2.05) is 19.1 Å². The molecule has 1 aliphatic carbocycles. The molecule has 3 aromatic heterocycles. The van der Waals surface area contributed by atoms with E-state index in [1.165, 1.54) is 16.6 Å². The number of nitrogens with zero attached hydrogens (tertiary/aromatic N) is 2. The van der Waals surface area contributed by atoms with Crippen molar-refractivity contribution in [1.29, 1.82) is 0 Å². The lowest BCUT2D eigenvalue weighted by molar-refractivity contribution is -0.113. The highest BCUT2D eigenvalue weighted by atomic mass is 35.5. The van der Waals surface area contributed by atoms with E-state index >= 15 is 0 Å². The second-order valence-corrected chi connectivity index (χ2v) is 10.4. The molecule has 4 aromatic rings. The van der Waals surface area contributed by atoms with Gasteiger partial charge in [-0.3, -0.25) is 14.2 Å². The number of amides is 1. The zero-order chi connectivity index (χ0) is 22.9. The van der Waals surface area contributed by atoms with Crippen molar-refractivity contribution in [2.24, 2.45) is 0 Å². The Bertz CT molecular complexity index is 1390. The van der Waals surface area contributed by atoms with Crippen LogP contribution >= 0.6 is 34.7 Å². The first kappa shape index (κ1) is 22.3. The van der Waals surface area contributed by atoms with E-state index in [9.17, 15) is 9.59 Å². The Hall–Kier alpha value is -2.55. The van der Waals surface area contributed by atoms with Gasteiger partial charge >= 0.3 is 0 Å². The Morgan fingerprint density at radius 1 is 1.27 bits per heavy atom. The molecule has 170 valence electrons. The normalized spacial score (nSPS) is 13.3. The van der Waals surface area contributed by atoms with Gasteiger partial charge in [0, 0.05) is 15.6 Å². The Morgan fingerprint density at radius 3 is 2.94 bits per heavy atom. The van der Waals surface area contributed by atoms with Crippen LogP contribution in [0.4, 0.5) is 5.69 Å². The van der Waals surface area contributed by atoms with Crippen molar-refractivity contribution in [1.82, 2.24) is 9.55 Å². The number of thiophene rings is 1. The molecule has 5 rings (SSSR count). The number of aryl methyl sites for hydroxylation is 2. The molecule has 1 aromatic carbocycles. The van der Waals surface area contributed by atoms with Crippen LogP contribution in [0.15, 0.2) is 51.0 Å². The highest BCUT2D eigenvalue weighted by molar-refractivity contribution is 7.99. The van der Waals surface area contributed by atoms with E-state index in [1.54, 1.807) is 40.4 Å². The van der Waals surface area contributed by atoms with Crippen LogP contribution in [-0.2, 0) is 24.2 Å². The van der Waals surface area contributed by atoms with Crippen LogP contribution < -0.4 is 10.9 Å². The maximum atomic E-state index is 13.6. The Morgan fingerprint density at radius 2 is 2.12 bits per heavy atom. The zero-order valence-corrected chi connectivity index (χ0v) is 20.4. The van der Waals surface area contributed by atoms with E-state index in [4.69, 9.17) is 21.0 Å². The molecule has 0 aliphatic heterocycles. The molecule has 1 aliphatic rings. The maximum Gasteiger partial charge on any atom is 0.263 e. The standard InChI is InChI=1S/C24H22ClN3O3S2/c1-14-17(25)8-4-9-18(14)26-20(29)13-32-24-27-22-21(16-7-2-3-10-19(16)33-22)23(30)28(24)12-15-6-5-11-31-15/h4-6,8-9,11H,2-3,7,10,12-13H2,1H3,(H,26,29). The van der Waals surface area contributed by atoms with E-state index in [-0.39, 0.29) is 23.8 Å². The second-order valence-electron chi connectivity index (χ2n) is 8.01. The van der Waals surface area contributed by atoms with Crippen molar-refractivity contribution >= 4 is 56.5 Å². The topological polar surface area (TPSA) is 77.1 Å². The van der Waals surface area contributed by atoms with Crippen LogP contribution in [0.25, 0.3) is 10.2 Å². The number of rotatable bonds is 6. The number of furan rings is 1. The van der Waals surface area contributed by atoms with Gasteiger partial charge in [0.15, 0.2) is 5.16 Å². The van der Waals surface area contributed by atoms with Crippen molar-refractivity contribution in [3.8, 4) is 0 Å². The molecule has 0 radical (unpaired) electrons. The lowest BCUT2D eigenvalue weighted by Gasteiger charge is -2.13. The largest absolute Gasteiger partial charge is 0.467 e. The molecule has 3 heterocycles. The highest BCUT2D eigenvalue weighted by Crippen LogP contribution is 2.35. The number of aromatic nitrogens is 2. The number of fused-ring (bicyclic) bond motifs is 3. The fourth-order valence-electron chi connectivity index (χ4n) is 4.09. The molecule has 9 heteroatoms. The van der Waals surface area contributed by atoms with Gasteiger partial charge in [-0.15, -0.1) is 11.3 Å². The molecule has 0 unspecified atom stereocenters. The molecule has 0 atom stereocenters. The number of carbonyl (C=O) groups excluding carboxylic acids is 1. The molecular weight excluding hydrogens is 478 g/mol. The summed E-state index contributed by atoms with van der Waals surface area (Å²) in [6, 6.07) is 9.04. The minimum absolute atomic E-state index is 0.0654. The van der Waals surface area contributed by atoms with Crippen molar-refractivity contribution in [2.45, 2.75) is 44.3 Å². The van der Waals surface area contributed by atoms with Crippen LogP contribution in [0.5, 0.6) is 0 Å². The van der Waals surface area contributed by atoms with Crippen LogP contribution in [-0.4, -0.2) is 21.2 Å². The third-order valence-electron chi connectivity index (χ3n) is 5.81. The molecule has 6 nitrogen and oxygen atoms in total. The summed E-state index contributed by atoms with van der Waals surface area (Å²) in [5.74, 6) is 0.602. The number of hydrogen-bond donors (Lipinski definition) is 1. The summed E-state index contributed by atoms with van der Waals surface area (Å²) in [5, 5.41) is 4.74. The Kier molecular flexibility index (Phi) is 6.32. The van der Waals surface area contributed by atoms with Gasteiger partial charge in [0.25, 0.3) is 5.56 Å². The second kappa shape index (κ2) is 9.37. The van der Waals surface area contributed by atoms with Crippen LogP contribution in [0.3, 0.4) is 0 Å². The first-order chi connectivity index (χ1) is 16.0. The highest BCUT2D eigenvalue weighted by Gasteiger charge is 2.23. The molecule has 1 N–H and O–H groups in total. The molecule has 0 fully saturated rings. The predicted octanol–water partition coefficient (Wildman–Crippen LogP) is 5.67. The zero-order valence-electron chi connectivity index (χ0n) is 18.0. The minimum Gasteiger partial charge on any atom is -0.467 e. The summed E-state index contributed by atoms with van der Waals surface area (Å²) >= 11 is 9.02. The fraction of sp³-hybridized carbons (Fsp3) is 0.292. The Balaban J connectivity index is 1.46. The number of thioether (sulfide) groups is 1. The third kappa shape index (κ3) is 4.47. The van der Waals surface area contributed by atoms with Gasteiger partial charge in [-0.2, -0.15) is 0 Å². The SMILES string of the molecule is Cc1c(Cl)cccc1NC(=O)CSc1nc2sc3c(c2c(=O)n1Cc1ccco1)CCCC3. The lowest BCUT2D eigenvalue weighted by Crippen LogP contribution is -2.25. The lowest BCUT2D eigenvalue weighted by atomic mass is 9.97. The quantitative estimate of drug-likeness (QED) is 0.273. The van der Waals surface area contributed by atoms with Gasteiger partial charge in [0.1, 0.15) is 10.6 Å². The van der Waals surface area contributed by atoms with Crippen LogP contribution in [0, 0.1) is 6.92 Å². The molecule has 0 saturated carbocycles. The fourth-order valence-corrected chi connectivity index (χ4v) is 6.36. The average Bonchev–Trinajstić information content (AvgIpc) is 3.45. The van der Waals surface area contributed by atoms with E-state index in [2.05, 4.69) is 5.32 Å². The van der Waals surface area contributed by atoms with Gasteiger partial charge < -0.3 is 9.73 Å². The maximum absolute atomic E-state index is 13.6. The van der Waals surface area contributed by atoms with Gasteiger partial charge in [-0.05, 0) is 68.0 Å². The van der Waals surface area contributed by atoms with Crippen molar-refractivity contribution in [3.63, 3.8) is 0 Å². The summed E-state index contributed by atoms with van der Waals surface area (Å²) in [4.78, 5) is 33.1. The number of benzene rings is 1. The van der Waals surface area contributed by atoms with Gasteiger partial charge in [-0.1, -0.05) is 29.4 Å². The average molecular weight is 500 g/mol. The van der Waals surface area contributed by atoms with Gasteiger partial charge in [0.2, 0.25) is 5.91 Å². The van der Waals surface area contributed by atoms with Crippen LogP contribution in [0.2, 0.25) is 5.02 Å². The first-order valence-electron chi connectivity index (χ1n) is 10.8. The first-order valence-corrected chi connectivity index (χ1v) is 12.9. The predicted molar refractivity (Wildman–Crippen MR) is 134 cm³/mol. The third-order valence-corrected chi connectivity index (χ3v) is 8.38. The number of nitrogens with one attached hydrogen (secondary N) is 1. The molecular formula is C24H22ClN3O3S2. The monoisotopic (exact) mass is 499 g/mol. The van der Waals surface area contributed by atoms with Gasteiger partial charge in [-0.25, -0.2) is 4.98 Å². The Labute approximate surface area is 204 Å². The number of carbonyl (C=O) groups is 1. The smallest absolute Gasteiger partial charge is 0.263 e. The number of halogens is 1. The summed E-state index contributed by atoms with van der Waals surface area (Å²) < 4.78 is 7.13. The van der Waals surface area contributed by atoms with Crippen molar-refractivity contribution in [3.05, 3.63) is 73.7 Å². The van der Waals surface area contributed by atoms with Crippen molar-refractivity contribution < 1.29 is 9.21 Å². The minimum atomic E-state index is -0.185. The van der Waals surface area contributed by atoms with Crippen LogP contribution in [0.1, 0.15) is 34.6 Å². The van der Waals surface area contributed by atoms with Gasteiger partial charge in [0.05, 0.1) is 23.9 Å². The molecule has 1 amide bonds. The van der Waals surface area contributed by atoms with Crippen molar-refractivity contribution in [2.75, 3.05) is 11.1 Å². The van der Waals surface area contributed by atoms with E-state index in [0.29, 0.717) is 21.6 Å². The molecule has 0 saturated heterocycles.